The Labute approximate surface area is 225 Å². The molecule has 2 aliphatic rings. The minimum atomic E-state index is -0.238. The molecule has 1 aliphatic carbocycles. The summed E-state index contributed by atoms with van der Waals surface area (Å²) in [6.45, 7) is 7.06. The van der Waals surface area contributed by atoms with Crippen molar-refractivity contribution in [2.24, 2.45) is 0 Å². The topological polar surface area (TPSA) is 6.48 Å². The highest BCUT2D eigenvalue weighted by atomic mass is 35.5. The first kappa shape index (κ1) is 28.3. The number of hydrogen-bond donors (Lipinski definition) is 0. The second kappa shape index (κ2) is 12.8. The SMILES string of the molecule is CC1CCC(=CCN2CCN(C(c3ccc(F)cc3)c3ccc(F)cc3)CC2)c2ccccc21.Cl.Cl. The van der Waals surface area contributed by atoms with Crippen molar-refractivity contribution in [3.8, 4) is 0 Å². The lowest BCUT2D eigenvalue weighted by atomic mass is 9.81. The number of halogens is 4. The van der Waals surface area contributed by atoms with Gasteiger partial charge in [-0.3, -0.25) is 9.80 Å². The van der Waals surface area contributed by atoms with E-state index in [-0.39, 0.29) is 42.5 Å². The molecule has 192 valence electrons. The van der Waals surface area contributed by atoms with E-state index >= 15 is 0 Å². The van der Waals surface area contributed by atoms with Crippen LogP contribution in [0.25, 0.3) is 5.57 Å². The maximum atomic E-state index is 13.6. The van der Waals surface area contributed by atoms with Gasteiger partial charge in [0.25, 0.3) is 0 Å². The van der Waals surface area contributed by atoms with Crippen LogP contribution >= 0.6 is 24.8 Å². The Morgan fingerprint density at radius 3 is 1.94 bits per heavy atom. The van der Waals surface area contributed by atoms with E-state index in [9.17, 15) is 8.78 Å². The first-order valence-electron chi connectivity index (χ1n) is 12.3. The molecule has 0 N–H and O–H groups in total. The molecule has 3 aromatic rings. The Morgan fingerprint density at radius 2 is 1.36 bits per heavy atom. The Kier molecular flexibility index (Phi) is 10.1. The van der Waals surface area contributed by atoms with E-state index in [1.807, 2.05) is 24.3 Å². The van der Waals surface area contributed by atoms with Gasteiger partial charge >= 0.3 is 0 Å². The standard InChI is InChI=1S/C30H32F2N2.2ClH/c1-22-6-7-23(29-5-3-2-4-28(22)29)16-17-33-18-20-34(21-19-33)30(24-8-12-26(31)13-9-24)25-10-14-27(32)15-11-25;;/h2-5,8-16,22,30H,6-7,17-21H2,1H3;2*1H. The van der Waals surface area contributed by atoms with E-state index in [0.29, 0.717) is 5.92 Å². The summed E-state index contributed by atoms with van der Waals surface area (Å²) >= 11 is 0. The van der Waals surface area contributed by atoms with Crippen LogP contribution in [0.3, 0.4) is 0 Å². The van der Waals surface area contributed by atoms with Crippen LogP contribution in [-0.2, 0) is 0 Å². The fourth-order valence-corrected chi connectivity index (χ4v) is 5.44. The average molecular weight is 532 g/mol. The molecule has 36 heavy (non-hydrogen) atoms. The highest BCUT2D eigenvalue weighted by Crippen LogP contribution is 2.37. The van der Waals surface area contributed by atoms with Crippen LogP contribution in [0.5, 0.6) is 0 Å². The summed E-state index contributed by atoms with van der Waals surface area (Å²) in [5.74, 6) is 0.156. The number of fused-ring (bicyclic) bond motifs is 1. The fourth-order valence-electron chi connectivity index (χ4n) is 5.44. The van der Waals surface area contributed by atoms with Crippen LogP contribution in [0.1, 0.15) is 54.0 Å². The molecule has 1 fully saturated rings. The van der Waals surface area contributed by atoms with Gasteiger partial charge in [-0.2, -0.15) is 0 Å². The van der Waals surface area contributed by atoms with Crippen molar-refractivity contribution < 1.29 is 8.78 Å². The molecule has 0 spiro atoms. The van der Waals surface area contributed by atoms with E-state index < -0.39 is 0 Å². The first-order valence-corrected chi connectivity index (χ1v) is 12.3. The van der Waals surface area contributed by atoms with Gasteiger partial charge in [0.05, 0.1) is 6.04 Å². The second-order valence-electron chi connectivity index (χ2n) is 9.60. The molecule has 3 aromatic carbocycles. The van der Waals surface area contributed by atoms with Crippen molar-refractivity contribution >= 4 is 30.4 Å². The molecule has 0 bridgehead atoms. The quantitative estimate of drug-likeness (QED) is 0.337. The van der Waals surface area contributed by atoms with Crippen molar-refractivity contribution in [3.63, 3.8) is 0 Å². The highest BCUT2D eigenvalue weighted by molar-refractivity contribution is 5.85. The van der Waals surface area contributed by atoms with Crippen LogP contribution in [0.2, 0.25) is 0 Å². The molecule has 1 atom stereocenters. The lowest BCUT2D eigenvalue weighted by molar-refractivity contribution is 0.117. The predicted molar refractivity (Wildman–Crippen MR) is 149 cm³/mol. The summed E-state index contributed by atoms with van der Waals surface area (Å²) in [7, 11) is 0. The number of allylic oxidation sites excluding steroid dienone is 1. The average Bonchev–Trinajstić information content (AvgIpc) is 2.87. The maximum absolute atomic E-state index is 13.6. The molecule has 0 amide bonds. The lowest BCUT2D eigenvalue weighted by Gasteiger charge is -2.39. The van der Waals surface area contributed by atoms with Gasteiger partial charge < -0.3 is 0 Å². The van der Waals surface area contributed by atoms with E-state index in [2.05, 4.69) is 47.1 Å². The van der Waals surface area contributed by atoms with Crippen LogP contribution < -0.4 is 0 Å². The summed E-state index contributed by atoms with van der Waals surface area (Å²) in [6, 6.07) is 22.3. The van der Waals surface area contributed by atoms with Crippen LogP contribution in [0.15, 0.2) is 78.9 Å². The van der Waals surface area contributed by atoms with Gasteiger partial charge in [0, 0.05) is 32.7 Å². The number of benzene rings is 3. The second-order valence-corrected chi connectivity index (χ2v) is 9.60. The first-order chi connectivity index (χ1) is 16.6. The zero-order valence-electron chi connectivity index (χ0n) is 20.6. The molecule has 1 aliphatic heterocycles. The van der Waals surface area contributed by atoms with E-state index in [1.165, 1.54) is 47.4 Å². The summed E-state index contributed by atoms with van der Waals surface area (Å²) in [5, 5.41) is 0. The van der Waals surface area contributed by atoms with Gasteiger partial charge in [-0.15, -0.1) is 24.8 Å². The summed E-state index contributed by atoms with van der Waals surface area (Å²) < 4.78 is 27.2. The lowest BCUT2D eigenvalue weighted by Crippen LogP contribution is -2.47. The van der Waals surface area contributed by atoms with Gasteiger partial charge in [0.2, 0.25) is 0 Å². The predicted octanol–water partition coefficient (Wildman–Crippen LogP) is 7.50. The summed E-state index contributed by atoms with van der Waals surface area (Å²) in [4.78, 5) is 4.94. The van der Waals surface area contributed by atoms with Gasteiger partial charge in [-0.25, -0.2) is 8.78 Å². The Bertz CT molecular complexity index is 1090. The smallest absolute Gasteiger partial charge is 0.123 e. The third kappa shape index (κ3) is 6.36. The molecule has 2 nitrogen and oxygen atoms in total. The fraction of sp³-hybridized carbons (Fsp3) is 0.333. The van der Waals surface area contributed by atoms with Crippen molar-refractivity contribution in [3.05, 3.63) is 113 Å². The number of nitrogens with zero attached hydrogens (tertiary/aromatic N) is 2. The minimum absolute atomic E-state index is 0. The monoisotopic (exact) mass is 530 g/mol. The third-order valence-corrected chi connectivity index (χ3v) is 7.42. The zero-order chi connectivity index (χ0) is 23.5. The van der Waals surface area contributed by atoms with E-state index in [4.69, 9.17) is 0 Å². The van der Waals surface area contributed by atoms with Crippen molar-refractivity contribution in [1.82, 2.24) is 9.80 Å². The molecule has 0 saturated carbocycles. The van der Waals surface area contributed by atoms with Gasteiger partial charge in [-0.05, 0) is 70.9 Å². The summed E-state index contributed by atoms with van der Waals surface area (Å²) in [5.41, 5.74) is 6.46. The third-order valence-electron chi connectivity index (χ3n) is 7.42. The Hall–Kier alpha value is -2.24. The van der Waals surface area contributed by atoms with Gasteiger partial charge in [0.1, 0.15) is 11.6 Å². The van der Waals surface area contributed by atoms with Crippen molar-refractivity contribution in [1.29, 1.82) is 0 Å². The molecule has 1 saturated heterocycles. The van der Waals surface area contributed by atoms with Crippen LogP contribution in [-0.4, -0.2) is 42.5 Å². The van der Waals surface area contributed by atoms with Gasteiger partial charge in [0.15, 0.2) is 0 Å². The zero-order valence-corrected chi connectivity index (χ0v) is 22.2. The molecular formula is C30H34Cl2F2N2. The molecule has 0 radical (unpaired) electrons. The molecule has 5 rings (SSSR count). The van der Waals surface area contributed by atoms with E-state index in [0.717, 1.165) is 50.3 Å². The van der Waals surface area contributed by atoms with E-state index in [1.54, 1.807) is 0 Å². The normalized spacial score (nSPS) is 19.4. The molecular weight excluding hydrogens is 497 g/mol. The van der Waals surface area contributed by atoms with Crippen molar-refractivity contribution in [2.45, 2.75) is 31.7 Å². The Morgan fingerprint density at radius 1 is 0.806 bits per heavy atom. The Balaban J connectivity index is 0.00000180. The largest absolute Gasteiger partial charge is 0.297 e. The number of hydrogen-bond acceptors (Lipinski definition) is 2. The maximum Gasteiger partial charge on any atom is 0.123 e. The van der Waals surface area contributed by atoms with Crippen LogP contribution in [0.4, 0.5) is 8.78 Å². The molecule has 0 aromatic heterocycles. The van der Waals surface area contributed by atoms with Crippen molar-refractivity contribution in [2.75, 3.05) is 32.7 Å². The number of piperazine rings is 1. The molecule has 1 heterocycles. The van der Waals surface area contributed by atoms with Gasteiger partial charge in [-0.1, -0.05) is 61.5 Å². The van der Waals surface area contributed by atoms with Crippen LogP contribution in [0, 0.1) is 11.6 Å². The summed E-state index contributed by atoms with van der Waals surface area (Å²) in [6.07, 6.45) is 4.79. The minimum Gasteiger partial charge on any atom is -0.297 e. The molecule has 1 unspecified atom stereocenters. The highest BCUT2D eigenvalue weighted by Gasteiger charge is 2.27. The number of rotatable bonds is 5. The molecule has 6 heteroatoms.